The minimum Gasteiger partial charge on any atom is -0.386 e. The zero-order valence-corrected chi connectivity index (χ0v) is 12.7. The monoisotopic (exact) mass is 270 g/mol. The number of carbonyl (C=O) groups is 1. The molecule has 1 unspecified atom stereocenters. The summed E-state index contributed by atoms with van der Waals surface area (Å²) in [7, 11) is 0. The molecule has 4 nitrogen and oxygen atoms in total. The fourth-order valence-electron chi connectivity index (χ4n) is 2.72. The Balaban J connectivity index is 2.29. The summed E-state index contributed by atoms with van der Waals surface area (Å²) in [6.07, 6.45) is 4.84. The second kappa shape index (κ2) is 7.25. The fraction of sp³-hybridized carbons (Fsp3) is 0.933. The minimum absolute atomic E-state index is 0.184. The molecule has 0 aromatic heterocycles. The van der Waals surface area contributed by atoms with Gasteiger partial charge in [-0.3, -0.25) is 4.79 Å². The number of likely N-dealkylation sites (tertiary alicyclic amines) is 1. The first-order valence-electron chi connectivity index (χ1n) is 7.63. The smallest absolute Gasteiger partial charge is 0.222 e. The first-order chi connectivity index (χ1) is 8.92. The standard InChI is InChI=1S/C15H30N2O2/c1-4-5-13(8-9-16)6-7-14(18)17-10-15(19,11-17)12(2)3/h12-13,19H,4-11,16H2,1-3H3. The van der Waals surface area contributed by atoms with Crippen molar-refractivity contribution in [3.05, 3.63) is 0 Å². The number of β-amino-alcohol motifs (C(OH)–C–C–N with tert-alkyl or cyclic N) is 1. The van der Waals surface area contributed by atoms with Gasteiger partial charge in [-0.15, -0.1) is 0 Å². The first kappa shape index (κ1) is 16.4. The summed E-state index contributed by atoms with van der Waals surface area (Å²) in [5, 5.41) is 10.1. The van der Waals surface area contributed by atoms with E-state index < -0.39 is 5.60 Å². The van der Waals surface area contributed by atoms with Gasteiger partial charge in [0.05, 0.1) is 13.1 Å². The molecule has 112 valence electrons. The van der Waals surface area contributed by atoms with E-state index in [0.717, 1.165) is 25.7 Å². The summed E-state index contributed by atoms with van der Waals surface area (Å²) in [5.41, 5.74) is 4.95. The molecule has 0 aromatic carbocycles. The van der Waals surface area contributed by atoms with Crippen LogP contribution in [0.15, 0.2) is 0 Å². The van der Waals surface area contributed by atoms with E-state index >= 15 is 0 Å². The molecule has 4 heteroatoms. The molecule has 0 spiro atoms. The number of hydrogen-bond acceptors (Lipinski definition) is 3. The van der Waals surface area contributed by atoms with Gasteiger partial charge in [0.15, 0.2) is 0 Å². The van der Waals surface area contributed by atoms with Crippen LogP contribution < -0.4 is 5.73 Å². The van der Waals surface area contributed by atoms with Crippen LogP contribution >= 0.6 is 0 Å². The number of nitrogens with two attached hydrogens (primary N) is 1. The zero-order valence-electron chi connectivity index (χ0n) is 12.7. The number of rotatable bonds is 8. The van der Waals surface area contributed by atoms with Crippen LogP contribution in [-0.4, -0.2) is 41.1 Å². The summed E-state index contributed by atoms with van der Waals surface area (Å²) in [6, 6.07) is 0. The molecule has 0 aromatic rings. The Bertz CT molecular complexity index is 280. The number of carbonyl (C=O) groups excluding carboxylic acids is 1. The van der Waals surface area contributed by atoms with Crippen molar-refractivity contribution in [1.29, 1.82) is 0 Å². The van der Waals surface area contributed by atoms with Gasteiger partial charge in [-0.2, -0.15) is 0 Å². The quantitative estimate of drug-likeness (QED) is 0.706. The number of hydrogen-bond donors (Lipinski definition) is 2. The minimum atomic E-state index is -0.657. The van der Waals surface area contributed by atoms with E-state index in [1.165, 1.54) is 0 Å². The van der Waals surface area contributed by atoms with Gasteiger partial charge in [-0.05, 0) is 31.2 Å². The summed E-state index contributed by atoms with van der Waals surface area (Å²) in [4.78, 5) is 13.8. The molecule has 1 saturated heterocycles. The molecule has 1 atom stereocenters. The Hall–Kier alpha value is -0.610. The van der Waals surface area contributed by atoms with Gasteiger partial charge in [0.1, 0.15) is 5.60 Å². The maximum Gasteiger partial charge on any atom is 0.222 e. The molecule has 3 N–H and O–H groups in total. The second-order valence-corrected chi connectivity index (χ2v) is 6.28. The third kappa shape index (κ3) is 4.46. The van der Waals surface area contributed by atoms with Crippen LogP contribution in [0.4, 0.5) is 0 Å². The van der Waals surface area contributed by atoms with Crippen LogP contribution in [0, 0.1) is 11.8 Å². The Morgan fingerprint density at radius 3 is 2.42 bits per heavy atom. The SMILES string of the molecule is CCCC(CCN)CCC(=O)N1CC(O)(C(C)C)C1. The highest BCUT2D eigenvalue weighted by Crippen LogP contribution is 2.29. The number of nitrogens with zero attached hydrogens (tertiary/aromatic N) is 1. The molecule has 1 heterocycles. The molecular formula is C15H30N2O2. The van der Waals surface area contributed by atoms with Crippen LogP contribution in [0.1, 0.15) is 52.9 Å². The fourth-order valence-corrected chi connectivity index (χ4v) is 2.72. The van der Waals surface area contributed by atoms with Crippen LogP contribution in [0.2, 0.25) is 0 Å². The van der Waals surface area contributed by atoms with E-state index in [1.807, 2.05) is 13.8 Å². The molecule has 1 rings (SSSR count). The Morgan fingerprint density at radius 1 is 1.32 bits per heavy atom. The molecule has 0 bridgehead atoms. The molecule has 0 radical (unpaired) electrons. The van der Waals surface area contributed by atoms with Gasteiger partial charge in [-0.1, -0.05) is 33.6 Å². The number of aliphatic hydroxyl groups is 1. The lowest BCUT2D eigenvalue weighted by molar-refractivity contribution is -0.164. The topological polar surface area (TPSA) is 66.6 Å². The van der Waals surface area contributed by atoms with Crippen LogP contribution in [0.3, 0.4) is 0 Å². The van der Waals surface area contributed by atoms with Gasteiger partial charge < -0.3 is 15.7 Å². The summed E-state index contributed by atoms with van der Waals surface area (Å²) < 4.78 is 0. The predicted molar refractivity (Wildman–Crippen MR) is 77.7 cm³/mol. The van der Waals surface area contributed by atoms with E-state index in [-0.39, 0.29) is 11.8 Å². The van der Waals surface area contributed by atoms with Crippen LogP contribution in [0.5, 0.6) is 0 Å². The van der Waals surface area contributed by atoms with E-state index in [4.69, 9.17) is 5.73 Å². The number of amides is 1. The second-order valence-electron chi connectivity index (χ2n) is 6.28. The third-order valence-electron chi connectivity index (χ3n) is 4.40. The molecule has 1 aliphatic heterocycles. The third-order valence-corrected chi connectivity index (χ3v) is 4.40. The maximum absolute atomic E-state index is 12.0. The molecule has 1 aliphatic rings. The summed E-state index contributed by atoms with van der Waals surface area (Å²) in [5.74, 6) is 0.967. The molecule has 1 amide bonds. The lowest BCUT2D eigenvalue weighted by Gasteiger charge is -2.49. The lowest BCUT2D eigenvalue weighted by Crippen LogP contribution is -2.65. The molecule has 19 heavy (non-hydrogen) atoms. The van der Waals surface area contributed by atoms with Crippen molar-refractivity contribution in [3.8, 4) is 0 Å². The van der Waals surface area contributed by atoms with E-state index in [0.29, 0.717) is 32.0 Å². The maximum atomic E-state index is 12.0. The Labute approximate surface area is 117 Å². The zero-order chi connectivity index (χ0) is 14.5. The normalized spacial score (nSPS) is 19.4. The molecule has 0 aliphatic carbocycles. The van der Waals surface area contributed by atoms with Gasteiger partial charge in [0.25, 0.3) is 0 Å². The van der Waals surface area contributed by atoms with Crippen molar-refractivity contribution in [2.45, 2.75) is 58.5 Å². The molecular weight excluding hydrogens is 240 g/mol. The Kier molecular flexibility index (Phi) is 6.27. The van der Waals surface area contributed by atoms with E-state index in [9.17, 15) is 9.90 Å². The van der Waals surface area contributed by atoms with Crippen molar-refractivity contribution in [2.75, 3.05) is 19.6 Å². The van der Waals surface area contributed by atoms with Crippen LogP contribution in [-0.2, 0) is 4.79 Å². The average molecular weight is 270 g/mol. The van der Waals surface area contributed by atoms with Crippen molar-refractivity contribution >= 4 is 5.91 Å². The highest BCUT2D eigenvalue weighted by Gasteiger charge is 2.45. The van der Waals surface area contributed by atoms with E-state index in [2.05, 4.69) is 6.92 Å². The summed E-state index contributed by atoms with van der Waals surface area (Å²) >= 11 is 0. The van der Waals surface area contributed by atoms with E-state index in [1.54, 1.807) is 4.90 Å². The van der Waals surface area contributed by atoms with Crippen molar-refractivity contribution < 1.29 is 9.90 Å². The van der Waals surface area contributed by atoms with Crippen molar-refractivity contribution in [3.63, 3.8) is 0 Å². The van der Waals surface area contributed by atoms with Gasteiger partial charge in [0.2, 0.25) is 5.91 Å². The molecule has 0 saturated carbocycles. The van der Waals surface area contributed by atoms with Gasteiger partial charge in [-0.25, -0.2) is 0 Å². The summed E-state index contributed by atoms with van der Waals surface area (Å²) in [6.45, 7) is 7.87. The van der Waals surface area contributed by atoms with Crippen molar-refractivity contribution in [2.24, 2.45) is 17.6 Å². The first-order valence-corrected chi connectivity index (χ1v) is 7.63. The highest BCUT2D eigenvalue weighted by atomic mass is 16.3. The highest BCUT2D eigenvalue weighted by molar-refractivity contribution is 5.77. The van der Waals surface area contributed by atoms with Crippen LogP contribution in [0.25, 0.3) is 0 Å². The largest absolute Gasteiger partial charge is 0.386 e. The average Bonchev–Trinajstić information content (AvgIpc) is 2.32. The van der Waals surface area contributed by atoms with Gasteiger partial charge in [0, 0.05) is 6.42 Å². The predicted octanol–water partition coefficient (Wildman–Crippen LogP) is 1.76. The van der Waals surface area contributed by atoms with Gasteiger partial charge >= 0.3 is 0 Å². The van der Waals surface area contributed by atoms with Crippen molar-refractivity contribution in [1.82, 2.24) is 4.90 Å². The molecule has 1 fully saturated rings. The Morgan fingerprint density at radius 2 is 1.95 bits per heavy atom. The lowest BCUT2D eigenvalue weighted by atomic mass is 9.82.